The highest BCUT2D eigenvalue weighted by atomic mass is 16.5. The molecule has 0 N–H and O–H groups in total. The Labute approximate surface area is 80.9 Å². The van der Waals surface area contributed by atoms with Crippen LogP contribution in [0.15, 0.2) is 24.0 Å². The van der Waals surface area contributed by atoms with Gasteiger partial charge in [-0.25, -0.2) is 0 Å². The maximum atomic E-state index is 5.62. The van der Waals surface area contributed by atoms with Crippen LogP contribution in [0.2, 0.25) is 0 Å². The van der Waals surface area contributed by atoms with Gasteiger partial charge in [0.25, 0.3) is 0 Å². The van der Waals surface area contributed by atoms with Gasteiger partial charge >= 0.3 is 0 Å². The number of allylic oxidation sites excluding steroid dienone is 4. The maximum absolute atomic E-state index is 5.62. The van der Waals surface area contributed by atoms with Crippen LogP contribution in [0.1, 0.15) is 19.3 Å². The molecule has 0 saturated heterocycles. The minimum Gasteiger partial charge on any atom is -0.498 e. The van der Waals surface area contributed by atoms with E-state index in [1.54, 1.807) is 0 Å². The second kappa shape index (κ2) is 5.81. The summed E-state index contributed by atoms with van der Waals surface area (Å²) >= 11 is 0. The molecule has 0 amide bonds. The van der Waals surface area contributed by atoms with Crippen molar-refractivity contribution in [1.29, 1.82) is 0 Å². The predicted octanol–water partition coefficient (Wildman–Crippen LogP) is 2.19. The lowest BCUT2D eigenvalue weighted by molar-refractivity contribution is 0.187. The number of hydrogen-bond acceptors (Lipinski definition) is 2. The van der Waals surface area contributed by atoms with Crippen molar-refractivity contribution in [3.8, 4) is 0 Å². The molecule has 0 bridgehead atoms. The average Bonchev–Trinajstić information content (AvgIpc) is 2.14. The van der Waals surface area contributed by atoms with Crippen LogP contribution in [-0.2, 0) is 4.74 Å². The topological polar surface area (TPSA) is 12.5 Å². The van der Waals surface area contributed by atoms with E-state index in [-0.39, 0.29) is 0 Å². The van der Waals surface area contributed by atoms with Gasteiger partial charge in [-0.05, 0) is 33.0 Å². The molecule has 13 heavy (non-hydrogen) atoms. The Hall–Kier alpha value is -0.760. The summed E-state index contributed by atoms with van der Waals surface area (Å²) in [6.07, 6.45) is 9.61. The highest BCUT2D eigenvalue weighted by molar-refractivity contribution is 5.12. The van der Waals surface area contributed by atoms with E-state index in [2.05, 4.69) is 37.2 Å². The first kappa shape index (κ1) is 10.3. The standard InChI is InChI=1S/C11H19NO/c1-12(2)9-6-10-13-11-7-4-3-5-8-11/h3-4,7H,5-6,8-10H2,1-2H3. The summed E-state index contributed by atoms with van der Waals surface area (Å²) in [5.41, 5.74) is 0. The second-order valence-corrected chi connectivity index (χ2v) is 3.61. The van der Waals surface area contributed by atoms with Crippen molar-refractivity contribution in [3.05, 3.63) is 24.0 Å². The summed E-state index contributed by atoms with van der Waals surface area (Å²) in [5, 5.41) is 0. The summed E-state index contributed by atoms with van der Waals surface area (Å²) in [5.74, 6) is 1.14. The highest BCUT2D eigenvalue weighted by Crippen LogP contribution is 2.12. The minimum absolute atomic E-state index is 0.845. The molecule has 1 aliphatic carbocycles. The maximum Gasteiger partial charge on any atom is 0.0962 e. The van der Waals surface area contributed by atoms with Crippen LogP contribution >= 0.6 is 0 Å². The number of hydrogen-bond donors (Lipinski definition) is 0. The van der Waals surface area contributed by atoms with Crippen molar-refractivity contribution in [3.63, 3.8) is 0 Å². The van der Waals surface area contributed by atoms with Crippen LogP contribution in [0.3, 0.4) is 0 Å². The van der Waals surface area contributed by atoms with Crippen molar-refractivity contribution < 1.29 is 4.74 Å². The van der Waals surface area contributed by atoms with Gasteiger partial charge in [0, 0.05) is 13.0 Å². The molecule has 0 aromatic carbocycles. The van der Waals surface area contributed by atoms with Crippen LogP contribution in [0.5, 0.6) is 0 Å². The third-order valence-corrected chi connectivity index (χ3v) is 2.01. The summed E-state index contributed by atoms with van der Waals surface area (Å²) in [7, 11) is 4.17. The smallest absolute Gasteiger partial charge is 0.0962 e. The van der Waals surface area contributed by atoms with E-state index >= 15 is 0 Å². The van der Waals surface area contributed by atoms with Crippen LogP contribution in [-0.4, -0.2) is 32.1 Å². The average molecular weight is 181 g/mol. The van der Waals surface area contributed by atoms with Gasteiger partial charge in [-0.15, -0.1) is 0 Å². The van der Waals surface area contributed by atoms with Crippen molar-refractivity contribution in [1.82, 2.24) is 4.90 Å². The van der Waals surface area contributed by atoms with Gasteiger partial charge in [-0.3, -0.25) is 0 Å². The molecular formula is C11H19NO. The van der Waals surface area contributed by atoms with E-state index in [1.165, 1.54) is 0 Å². The van der Waals surface area contributed by atoms with Crippen LogP contribution in [0.25, 0.3) is 0 Å². The van der Waals surface area contributed by atoms with Crippen molar-refractivity contribution in [2.24, 2.45) is 0 Å². The lowest BCUT2D eigenvalue weighted by atomic mass is 10.2. The van der Waals surface area contributed by atoms with Gasteiger partial charge in [-0.2, -0.15) is 0 Å². The van der Waals surface area contributed by atoms with E-state index in [4.69, 9.17) is 4.74 Å². The summed E-state index contributed by atoms with van der Waals surface area (Å²) in [6.45, 7) is 1.95. The zero-order valence-electron chi connectivity index (χ0n) is 8.62. The Bertz CT molecular complexity index is 194. The van der Waals surface area contributed by atoms with E-state index in [9.17, 15) is 0 Å². The third-order valence-electron chi connectivity index (χ3n) is 2.01. The summed E-state index contributed by atoms with van der Waals surface area (Å²) in [4.78, 5) is 2.18. The van der Waals surface area contributed by atoms with Crippen LogP contribution < -0.4 is 0 Å². The highest BCUT2D eigenvalue weighted by Gasteiger charge is 1.99. The molecular weight excluding hydrogens is 162 g/mol. The van der Waals surface area contributed by atoms with Gasteiger partial charge < -0.3 is 9.64 Å². The fraction of sp³-hybridized carbons (Fsp3) is 0.636. The molecule has 0 heterocycles. The third kappa shape index (κ3) is 4.73. The molecule has 0 aliphatic heterocycles. The molecule has 0 unspecified atom stereocenters. The van der Waals surface area contributed by atoms with Gasteiger partial charge in [0.15, 0.2) is 0 Å². The zero-order chi connectivity index (χ0) is 9.52. The monoisotopic (exact) mass is 181 g/mol. The minimum atomic E-state index is 0.845. The molecule has 0 radical (unpaired) electrons. The Balaban J connectivity index is 2.05. The van der Waals surface area contributed by atoms with Crippen molar-refractivity contribution >= 4 is 0 Å². The second-order valence-electron chi connectivity index (χ2n) is 3.61. The van der Waals surface area contributed by atoms with Crippen molar-refractivity contribution in [2.45, 2.75) is 19.3 Å². The molecule has 0 aromatic heterocycles. The molecule has 0 atom stereocenters. The van der Waals surface area contributed by atoms with Crippen LogP contribution in [0, 0.1) is 0 Å². The van der Waals surface area contributed by atoms with E-state index in [0.29, 0.717) is 0 Å². The normalized spacial score (nSPS) is 16.1. The fourth-order valence-electron chi connectivity index (χ4n) is 1.28. The van der Waals surface area contributed by atoms with E-state index in [1.807, 2.05) is 0 Å². The first-order chi connectivity index (χ1) is 6.29. The zero-order valence-corrected chi connectivity index (χ0v) is 8.62. The lowest BCUT2D eigenvalue weighted by Crippen LogP contribution is -2.14. The summed E-state index contributed by atoms with van der Waals surface area (Å²) in [6, 6.07) is 0. The van der Waals surface area contributed by atoms with Gasteiger partial charge in [0.1, 0.15) is 0 Å². The Morgan fingerprint density at radius 3 is 2.92 bits per heavy atom. The number of nitrogens with zero attached hydrogens (tertiary/aromatic N) is 1. The SMILES string of the molecule is CN(C)CCCOC1=CC=CCC1. The van der Waals surface area contributed by atoms with Crippen LogP contribution in [0.4, 0.5) is 0 Å². The van der Waals surface area contributed by atoms with Gasteiger partial charge in [-0.1, -0.05) is 12.2 Å². The van der Waals surface area contributed by atoms with E-state index < -0.39 is 0 Å². The Morgan fingerprint density at radius 2 is 2.31 bits per heavy atom. The molecule has 1 aliphatic rings. The molecule has 0 spiro atoms. The molecule has 0 saturated carbocycles. The molecule has 0 aromatic rings. The number of rotatable bonds is 5. The largest absolute Gasteiger partial charge is 0.498 e. The number of ether oxygens (including phenoxy) is 1. The molecule has 2 heteroatoms. The quantitative estimate of drug-likeness (QED) is 0.603. The Kier molecular flexibility index (Phi) is 4.61. The van der Waals surface area contributed by atoms with Crippen molar-refractivity contribution in [2.75, 3.05) is 27.2 Å². The predicted molar refractivity (Wildman–Crippen MR) is 55.6 cm³/mol. The first-order valence-corrected chi connectivity index (χ1v) is 4.92. The van der Waals surface area contributed by atoms with E-state index in [0.717, 1.165) is 38.2 Å². The molecule has 2 nitrogen and oxygen atoms in total. The molecule has 0 fully saturated rings. The van der Waals surface area contributed by atoms with Gasteiger partial charge in [0.05, 0.1) is 12.4 Å². The Morgan fingerprint density at radius 1 is 1.46 bits per heavy atom. The van der Waals surface area contributed by atoms with Gasteiger partial charge in [0.2, 0.25) is 0 Å². The summed E-state index contributed by atoms with van der Waals surface area (Å²) < 4.78 is 5.62. The first-order valence-electron chi connectivity index (χ1n) is 4.92. The lowest BCUT2D eigenvalue weighted by Gasteiger charge is -2.13. The fourth-order valence-corrected chi connectivity index (χ4v) is 1.28. The molecule has 74 valence electrons. The molecule has 1 rings (SSSR count).